The highest BCUT2D eigenvalue weighted by atomic mass is 16.5. The van der Waals surface area contributed by atoms with Crippen LogP contribution in [0.4, 0.5) is 0 Å². The topological polar surface area (TPSA) is 38.3 Å². The summed E-state index contributed by atoms with van der Waals surface area (Å²) >= 11 is 0. The third-order valence-corrected chi connectivity index (χ3v) is 3.83. The summed E-state index contributed by atoms with van der Waals surface area (Å²) in [6, 6.07) is 6.19. The molecule has 1 aliphatic carbocycles. The molecule has 0 heterocycles. The van der Waals surface area contributed by atoms with Crippen LogP contribution in [0.5, 0.6) is 5.75 Å². The molecule has 3 nitrogen and oxygen atoms in total. The molecule has 1 aromatic rings. The summed E-state index contributed by atoms with van der Waals surface area (Å²) in [6.45, 7) is 8.26. The van der Waals surface area contributed by atoms with Crippen molar-refractivity contribution in [3.63, 3.8) is 0 Å². The van der Waals surface area contributed by atoms with E-state index in [-0.39, 0.29) is 5.91 Å². The average molecular weight is 291 g/mol. The van der Waals surface area contributed by atoms with E-state index in [0.29, 0.717) is 23.3 Å². The summed E-state index contributed by atoms with van der Waals surface area (Å²) in [7, 11) is 1.62. The molecular weight excluding hydrogens is 262 g/mol. The van der Waals surface area contributed by atoms with Crippen molar-refractivity contribution in [3.05, 3.63) is 29.3 Å². The number of carbonyl (C=O) groups is 1. The minimum atomic E-state index is -0.0148. The molecule has 21 heavy (non-hydrogen) atoms. The Morgan fingerprint density at radius 3 is 2.38 bits per heavy atom. The van der Waals surface area contributed by atoms with Gasteiger partial charge in [0.1, 0.15) is 5.75 Å². The number of methoxy groups -OCH3 is 1. The van der Waals surface area contributed by atoms with Crippen LogP contribution in [-0.2, 0) is 0 Å². The Hall–Kier alpha value is -1.51. The molecule has 0 atom stereocenters. The van der Waals surface area contributed by atoms with Crippen LogP contribution in [0, 0.1) is 0 Å². The predicted molar refractivity (Wildman–Crippen MR) is 88.2 cm³/mol. The van der Waals surface area contributed by atoms with Crippen molar-refractivity contribution < 1.29 is 9.53 Å². The highest BCUT2D eigenvalue weighted by molar-refractivity contribution is 5.97. The molecular formula is C18H29NO2. The van der Waals surface area contributed by atoms with Crippen LogP contribution >= 0.6 is 0 Å². The van der Waals surface area contributed by atoms with Crippen molar-refractivity contribution in [1.29, 1.82) is 0 Å². The maximum atomic E-state index is 12.3. The first-order valence-corrected chi connectivity index (χ1v) is 8.10. The lowest BCUT2D eigenvalue weighted by atomic mass is 10.0. The van der Waals surface area contributed by atoms with Crippen LogP contribution in [0.1, 0.15) is 75.2 Å². The van der Waals surface area contributed by atoms with Crippen molar-refractivity contribution in [2.45, 2.75) is 65.3 Å². The quantitative estimate of drug-likeness (QED) is 0.886. The first-order valence-electron chi connectivity index (χ1n) is 8.10. The molecule has 118 valence electrons. The Morgan fingerprint density at radius 1 is 1.24 bits per heavy atom. The van der Waals surface area contributed by atoms with Crippen LogP contribution in [0.2, 0.25) is 0 Å². The van der Waals surface area contributed by atoms with E-state index in [1.54, 1.807) is 7.11 Å². The van der Waals surface area contributed by atoms with E-state index in [1.165, 1.54) is 18.4 Å². The fourth-order valence-electron chi connectivity index (χ4n) is 2.59. The SMILES string of the molecule is CC.COc1cc(C(C)C)ccc1C(=O)NC1CCCC1. The third kappa shape index (κ3) is 4.76. The van der Waals surface area contributed by atoms with E-state index in [2.05, 4.69) is 19.2 Å². The van der Waals surface area contributed by atoms with Crippen LogP contribution in [0.3, 0.4) is 0 Å². The molecule has 0 unspecified atom stereocenters. The van der Waals surface area contributed by atoms with Crippen LogP contribution in [0.25, 0.3) is 0 Å². The number of amides is 1. The predicted octanol–water partition coefficient (Wildman–Crippen LogP) is 4.52. The molecule has 1 aliphatic rings. The molecule has 2 rings (SSSR count). The normalized spacial score (nSPS) is 14.6. The second-order valence-corrected chi connectivity index (χ2v) is 5.57. The second kappa shape index (κ2) is 8.71. The lowest BCUT2D eigenvalue weighted by Crippen LogP contribution is -2.32. The minimum Gasteiger partial charge on any atom is -0.496 e. The van der Waals surface area contributed by atoms with Gasteiger partial charge in [0.25, 0.3) is 5.91 Å². The first-order chi connectivity index (χ1) is 10.1. The smallest absolute Gasteiger partial charge is 0.255 e. The number of benzene rings is 1. The zero-order valence-electron chi connectivity index (χ0n) is 14.0. The molecule has 0 spiro atoms. The molecule has 0 aromatic heterocycles. The van der Waals surface area contributed by atoms with Gasteiger partial charge in [-0.15, -0.1) is 0 Å². The highest BCUT2D eigenvalue weighted by Crippen LogP contribution is 2.25. The maximum Gasteiger partial charge on any atom is 0.255 e. The van der Waals surface area contributed by atoms with Crippen molar-refractivity contribution in [2.75, 3.05) is 7.11 Å². The monoisotopic (exact) mass is 291 g/mol. The summed E-state index contributed by atoms with van der Waals surface area (Å²) in [5.74, 6) is 1.08. The molecule has 3 heteroatoms. The van der Waals surface area contributed by atoms with Crippen LogP contribution < -0.4 is 10.1 Å². The summed E-state index contributed by atoms with van der Waals surface area (Å²) in [5.41, 5.74) is 1.83. The van der Waals surface area contributed by atoms with Gasteiger partial charge in [0.15, 0.2) is 0 Å². The standard InChI is InChI=1S/C16H23NO2.C2H6/c1-11(2)12-8-9-14(15(10-12)19-3)16(18)17-13-6-4-5-7-13;1-2/h8-11,13H,4-7H2,1-3H3,(H,17,18);1-2H3. The summed E-state index contributed by atoms with van der Waals surface area (Å²) in [6.07, 6.45) is 4.62. The van der Waals surface area contributed by atoms with Crippen LogP contribution in [0.15, 0.2) is 18.2 Å². The summed E-state index contributed by atoms with van der Waals surface area (Å²) < 4.78 is 5.36. The van der Waals surface area contributed by atoms with Gasteiger partial charge >= 0.3 is 0 Å². The van der Waals surface area contributed by atoms with E-state index in [9.17, 15) is 4.79 Å². The van der Waals surface area contributed by atoms with Crippen molar-refractivity contribution in [3.8, 4) is 5.75 Å². The molecule has 0 radical (unpaired) electrons. The van der Waals surface area contributed by atoms with Gasteiger partial charge in [-0.05, 0) is 36.5 Å². The Labute approximate surface area is 129 Å². The Balaban J connectivity index is 0.00000106. The zero-order valence-corrected chi connectivity index (χ0v) is 14.0. The van der Waals surface area contributed by atoms with E-state index in [1.807, 2.05) is 32.0 Å². The van der Waals surface area contributed by atoms with Gasteiger partial charge in [0, 0.05) is 6.04 Å². The number of hydrogen-bond donors (Lipinski definition) is 1. The molecule has 1 fully saturated rings. The van der Waals surface area contributed by atoms with Crippen molar-refractivity contribution in [2.24, 2.45) is 0 Å². The number of nitrogens with one attached hydrogen (secondary N) is 1. The number of rotatable bonds is 4. The lowest BCUT2D eigenvalue weighted by molar-refractivity contribution is 0.0935. The van der Waals surface area contributed by atoms with Gasteiger partial charge in [-0.2, -0.15) is 0 Å². The summed E-state index contributed by atoms with van der Waals surface area (Å²) in [5, 5.41) is 3.10. The number of ether oxygens (including phenoxy) is 1. The second-order valence-electron chi connectivity index (χ2n) is 5.57. The molecule has 1 aromatic carbocycles. The fraction of sp³-hybridized carbons (Fsp3) is 0.611. The highest BCUT2D eigenvalue weighted by Gasteiger charge is 2.20. The van der Waals surface area contributed by atoms with Gasteiger partial charge < -0.3 is 10.1 Å². The largest absolute Gasteiger partial charge is 0.496 e. The summed E-state index contributed by atoms with van der Waals surface area (Å²) in [4.78, 5) is 12.3. The van der Waals surface area contributed by atoms with Crippen LogP contribution in [-0.4, -0.2) is 19.1 Å². The van der Waals surface area contributed by atoms with Gasteiger partial charge in [-0.3, -0.25) is 4.79 Å². The Bertz CT molecular complexity index is 449. The molecule has 0 aliphatic heterocycles. The van der Waals surface area contributed by atoms with E-state index in [4.69, 9.17) is 4.74 Å². The molecule has 0 saturated heterocycles. The van der Waals surface area contributed by atoms with Gasteiger partial charge in [0.2, 0.25) is 0 Å². The molecule has 0 bridgehead atoms. The van der Waals surface area contributed by atoms with Crippen molar-refractivity contribution >= 4 is 5.91 Å². The van der Waals surface area contributed by atoms with E-state index >= 15 is 0 Å². The molecule has 1 amide bonds. The van der Waals surface area contributed by atoms with Gasteiger partial charge in [-0.1, -0.05) is 46.6 Å². The van der Waals surface area contributed by atoms with Crippen molar-refractivity contribution in [1.82, 2.24) is 5.32 Å². The maximum absolute atomic E-state index is 12.3. The Morgan fingerprint density at radius 2 is 1.86 bits per heavy atom. The molecule has 1 saturated carbocycles. The molecule has 1 N–H and O–H groups in total. The third-order valence-electron chi connectivity index (χ3n) is 3.83. The zero-order chi connectivity index (χ0) is 15.8. The van der Waals surface area contributed by atoms with Gasteiger partial charge in [-0.25, -0.2) is 0 Å². The number of hydrogen-bond acceptors (Lipinski definition) is 2. The first kappa shape index (κ1) is 17.5. The lowest BCUT2D eigenvalue weighted by Gasteiger charge is -2.15. The van der Waals surface area contributed by atoms with E-state index in [0.717, 1.165) is 12.8 Å². The fourth-order valence-corrected chi connectivity index (χ4v) is 2.59. The minimum absolute atomic E-state index is 0.0148. The Kier molecular flexibility index (Phi) is 7.27. The average Bonchev–Trinajstić information content (AvgIpc) is 3.01. The number of carbonyl (C=O) groups excluding carboxylic acids is 1. The van der Waals surface area contributed by atoms with Gasteiger partial charge in [0.05, 0.1) is 12.7 Å². The van der Waals surface area contributed by atoms with E-state index < -0.39 is 0 Å².